The van der Waals surface area contributed by atoms with Crippen LogP contribution < -0.4 is 10.6 Å². The molecule has 2 rings (SSSR count). The lowest BCUT2D eigenvalue weighted by atomic mass is 10.1. The van der Waals surface area contributed by atoms with Crippen molar-refractivity contribution >= 4 is 0 Å². The molecule has 0 spiro atoms. The van der Waals surface area contributed by atoms with Crippen molar-refractivity contribution in [2.24, 2.45) is 0 Å². The van der Waals surface area contributed by atoms with Crippen molar-refractivity contribution in [2.45, 2.75) is 38.6 Å². The predicted octanol–water partition coefficient (Wildman–Crippen LogP) is 2.27. The number of rotatable bonds is 8. The minimum Gasteiger partial charge on any atom is -0.315 e. The first-order valence-electron chi connectivity index (χ1n) is 6.84. The van der Waals surface area contributed by atoms with Crippen molar-refractivity contribution in [1.82, 2.24) is 10.6 Å². The van der Waals surface area contributed by atoms with Crippen LogP contribution in [0.15, 0.2) is 24.3 Å². The highest BCUT2D eigenvalue weighted by molar-refractivity contribution is 5.21. The van der Waals surface area contributed by atoms with Crippen molar-refractivity contribution in [1.29, 1.82) is 0 Å². The molecule has 1 aliphatic carbocycles. The maximum atomic E-state index is 3.51. The van der Waals surface area contributed by atoms with Gasteiger partial charge < -0.3 is 10.6 Å². The van der Waals surface area contributed by atoms with E-state index in [4.69, 9.17) is 0 Å². The second kappa shape index (κ2) is 6.77. The molecular weight excluding hydrogens is 208 g/mol. The zero-order valence-corrected chi connectivity index (χ0v) is 10.8. The molecule has 0 bridgehead atoms. The summed E-state index contributed by atoms with van der Waals surface area (Å²) in [5.41, 5.74) is 2.80. The molecule has 2 heteroatoms. The Kier molecular flexibility index (Phi) is 5.02. The van der Waals surface area contributed by atoms with E-state index < -0.39 is 0 Å². The van der Waals surface area contributed by atoms with Crippen molar-refractivity contribution < 1.29 is 0 Å². The summed E-state index contributed by atoms with van der Waals surface area (Å²) in [6.07, 6.45) is 5.18. The Labute approximate surface area is 105 Å². The number of hydrogen-bond donors (Lipinski definition) is 2. The van der Waals surface area contributed by atoms with E-state index in [9.17, 15) is 0 Å². The van der Waals surface area contributed by atoms with Gasteiger partial charge in [-0.15, -0.1) is 0 Å². The van der Waals surface area contributed by atoms with Crippen LogP contribution in [-0.4, -0.2) is 25.7 Å². The molecule has 0 saturated heterocycles. The molecule has 0 heterocycles. The minimum absolute atomic E-state index is 0.837. The third-order valence-corrected chi connectivity index (χ3v) is 3.25. The van der Waals surface area contributed by atoms with E-state index in [-0.39, 0.29) is 0 Å². The van der Waals surface area contributed by atoms with Gasteiger partial charge >= 0.3 is 0 Å². The maximum Gasteiger partial charge on any atom is 0.00793 e. The van der Waals surface area contributed by atoms with Gasteiger partial charge in [-0.2, -0.15) is 0 Å². The Hall–Kier alpha value is -0.860. The van der Waals surface area contributed by atoms with Crippen molar-refractivity contribution in [3.63, 3.8) is 0 Å². The molecule has 0 radical (unpaired) electrons. The molecule has 1 aromatic rings. The number of nitrogens with one attached hydrogen (secondary N) is 2. The van der Waals surface area contributed by atoms with E-state index in [2.05, 4.69) is 41.8 Å². The SMILES string of the molecule is Cc1ccc(CCCNCCNC2CC2)cc1. The zero-order chi connectivity index (χ0) is 11.9. The van der Waals surface area contributed by atoms with E-state index in [1.54, 1.807) is 0 Å². The van der Waals surface area contributed by atoms with Gasteiger partial charge in [0, 0.05) is 19.1 Å². The minimum atomic E-state index is 0.837. The summed E-state index contributed by atoms with van der Waals surface area (Å²) in [5.74, 6) is 0. The van der Waals surface area contributed by atoms with E-state index >= 15 is 0 Å². The second-order valence-electron chi connectivity index (χ2n) is 5.07. The Balaban J connectivity index is 1.46. The second-order valence-corrected chi connectivity index (χ2v) is 5.07. The Morgan fingerprint density at radius 2 is 1.82 bits per heavy atom. The molecule has 2 nitrogen and oxygen atoms in total. The molecule has 0 unspecified atom stereocenters. The first kappa shape index (κ1) is 12.6. The molecule has 2 N–H and O–H groups in total. The summed E-state index contributed by atoms with van der Waals surface area (Å²) in [6.45, 7) is 5.48. The third-order valence-electron chi connectivity index (χ3n) is 3.25. The van der Waals surface area contributed by atoms with Gasteiger partial charge in [0.1, 0.15) is 0 Å². The van der Waals surface area contributed by atoms with Crippen LogP contribution in [0.3, 0.4) is 0 Å². The smallest absolute Gasteiger partial charge is 0.00793 e. The lowest BCUT2D eigenvalue weighted by Gasteiger charge is -2.06. The average molecular weight is 232 g/mol. The number of aryl methyl sites for hydroxylation is 2. The van der Waals surface area contributed by atoms with Crippen molar-refractivity contribution in [3.05, 3.63) is 35.4 Å². The molecule has 1 fully saturated rings. The highest BCUT2D eigenvalue weighted by Crippen LogP contribution is 2.17. The fourth-order valence-corrected chi connectivity index (χ4v) is 1.95. The van der Waals surface area contributed by atoms with Crippen LogP contribution in [0.1, 0.15) is 30.4 Å². The van der Waals surface area contributed by atoms with Crippen LogP contribution >= 0.6 is 0 Å². The molecule has 0 aromatic heterocycles. The largest absolute Gasteiger partial charge is 0.315 e. The van der Waals surface area contributed by atoms with E-state index in [1.165, 1.54) is 36.8 Å². The summed E-state index contributed by atoms with van der Waals surface area (Å²) >= 11 is 0. The molecule has 0 atom stereocenters. The Morgan fingerprint density at radius 3 is 2.53 bits per heavy atom. The number of hydrogen-bond acceptors (Lipinski definition) is 2. The quantitative estimate of drug-likeness (QED) is 0.672. The van der Waals surface area contributed by atoms with Crippen LogP contribution in [0.4, 0.5) is 0 Å². The Bertz CT molecular complexity index is 314. The van der Waals surface area contributed by atoms with Gasteiger partial charge in [-0.05, 0) is 44.7 Å². The Morgan fingerprint density at radius 1 is 1.06 bits per heavy atom. The monoisotopic (exact) mass is 232 g/mol. The van der Waals surface area contributed by atoms with Gasteiger partial charge in [0.2, 0.25) is 0 Å². The lowest BCUT2D eigenvalue weighted by molar-refractivity contribution is 0.594. The van der Waals surface area contributed by atoms with Gasteiger partial charge in [-0.1, -0.05) is 29.8 Å². The van der Waals surface area contributed by atoms with Crippen molar-refractivity contribution in [3.8, 4) is 0 Å². The summed E-state index contributed by atoms with van der Waals surface area (Å²) in [7, 11) is 0. The highest BCUT2D eigenvalue weighted by atomic mass is 15.0. The van der Waals surface area contributed by atoms with Gasteiger partial charge in [0.05, 0.1) is 0 Å². The van der Waals surface area contributed by atoms with Crippen LogP contribution in [0.5, 0.6) is 0 Å². The first-order valence-corrected chi connectivity index (χ1v) is 6.84. The normalized spacial score (nSPS) is 15.1. The summed E-state index contributed by atoms with van der Waals surface area (Å²) < 4.78 is 0. The molecule has 94 valence electrons. The molecule has 1 aliphatic rings. The summed E-state index contributed by atoms with van der Waals surface area (Å²) in [4.78, 5) is 0. The molecule has 0 amide bonds. The average Bonchev–Trinajstić information content (AvgIpc) is 3.14. The van der Waals surface area contributed by atoms with Gasteiger partial charge in [0.15, 0.2) is 0 Å². The van der Waals surface area contributed by atoms with Gasteiger partial charge in [-0.25, -0.2) is 0 Å². The third kappa shape index (κ3) is 5.33. The standard InChI is InChI=1S/C15H24N2/c1-13-4-6-14(7-5-13)3-2-10-16-11-12-17-15-8-9-15/h4-7,15-17H,2-3,8-12H2,1H3. The van der Waals surface area contributed by atoms with E-state index in [0.717, 1.165) is 25.7 Å². The van der Waals surface area contributed by atoms with Crippen LogP contribution in [-0.2, 0) is 6.42 Å². The predicted molar refractivity (Wildman–Crippen MR) is 73.4 cm³/mol. The molecule has 17 heavy (non-hydrogen) atoms. The fourth-order valence-electron chi connectivity index (χ4n) is 1.95. The lowest BCUT2D eigenvalue weighted by Crippen LogP contribution is -2.29. The zero-order valence-electron chi connectivity index (χ0n) is 10.8. The van der Waals surface area contributed by atoms with Crippen LogP contribution in [0.2, 0.25) is 0 Å². The molecule has 0 aliphatic heterocycles. The van der Waals surface area contributed by atoms with E-state index in [1.807, 2.05) is 0 Å². The molecular formula is C15H24N2. The van der Waals surface area contributed by atoms with Gasteiger partial charge in [0.25, 0.3) is 0 Å². The van der Waals surface area contributed by atoms with E-state index in [0.29, 0.717) is 0 Å². The van der Waals surface area contributed by atoms with Crippen molar-refractivity contribution in [2.75, 3.05) is 19.6 Å². The summed E-state index contributed by atoms with van der Waals surface area (Å²) in [5, 5.41) is 7.00. The highest BCUT2D eigenvalue weighted by Gasteiger charge is 2.19. The maximum absolute atomic E-state index is 3.51. The molecule has 1 aromatic carbocycles. The topological polar surface area (TPSA) is 24.1 Å². The van der Waals surface area contributed by atoms with Crippen LogP contribution in [0.25, 0.3) is 0 Å². The van der Waals surface area contributed by atoms with Gasteiger partial charge in [-0.3, -0.25) is 0 Å². The first-order chi connectivity index (χ1) is 8.34. The number of benzene rings is 1. The fraction of sp³-hybridized carbons (Fsp3) is 0.600. The molecule has 1 saturated carbocycles. The summed E-state index contributed by atoms with van der Waals surface area (Å²) in [6, 6.07) is 9.71. The van der Waals surface area contributed by atoms with Crippen LogP contribution in [0, 0.1) is 6.92 Å².